The number of carbonyl (C=O) groups excluding carboxylic acids is 2. The lowest BCUT2D eigenvalue weighted by molar-refractivity contribution is -0.142. The maximum Gasteiger partial charge on any atom is 0.261 e. The van der Waals surface area contributed by atoms with E-state index in [0.29, 0.717) is 30.2 Å². The van der Waals surface area contributed by atoms with Gasteiger partial charge in [0.1, 0.15) is 11.8 Å². The van der Waals surface area contributed by atoms with Gasteiger partial charge in [0.15, 0.2) is 6.61 Å². The van der Waals surface area contributed by atoms with Crippen molar-refractivity contribution in [1.82, 2.24) is 10.2 Å². The highest BCUT2D eigenvalue weighted by molar-refractivity contribution is 9.10. The molecular weight excluding hydrogens is 444 g/mol. The minimum Gasteiger partial charge on any atom is -0.482 e. The van der Waals surface area contributed by atoms with Crippen molar-refractivity contribution >= 4 is 39.3 Å². The molecule has 7 heteroatoms. The normalized spacial score (nSPS) is 11.6. The van der Waals surface area contributed by atoms with Gasteiger partial charge in [0.05, 0.1) is 5.02 Å². The lowest BCUT2D eigenvalue weighted by Gasteiger charge is -2.30. The second-order valence-corrected chi connectivity index (χ2v) is 7.55. The van der Waals surface area contributed by atoms with Gasteiger partial charge in [-0.05, 0) is 36.6 Å². The van der Waals surface area contributed by atoms with E-state index < -0.39 is 6.04 Å². The summed E-state index contributed by atoms with van der Waals surface area (Å²) >= 11 is 9.49. The highest BCUT2D eigenvalue weighted by Crippen LogP contribution is 2.27. The van der Waals surface area contributed by atoms with Gasteiger partial charge in [-0.2, -0.15) is 0 Å². The maximum absolute atomic E-state index is 12.9. The molecule has 0 aliphatic carbocycles. The second-order valence-electron chi connectivity index (χ2n) is 6.22. The quantitative estimate of drug-likeness (QED) is 0.605. The number of ether oxygens (including phenoxy) is 1. The van der Waals surface area contributed by atoms with E-state index in [0.717, 1.165) is 10.0 Å². The average Bonchev–Trinajstić information content (AvgIpc) is 2.70. The van der Waals surface area contributed by atoms with E-state index >= 15 is 0 Å². The minimum atomic E-state index is -0.551. The number of amides is 2. The molecular formula is C21H24BrClN2O3. The number of carbonyl (C=O) groups is 2. The van der Waals surface area contributed by atoms with Gasteiger partial charge in [0, 0.05) is 18.1 Å². The largest absolute Gasteiger partial charge is 0.482 e. The fourth-order valence-electron chi connectivity index (χ4n) is 2.88. The molecule has 2 amide bonds. The van der Waals surface area contributed by atoms with Crippen LogP contribution in [-0.2, 0) is 16.0 Å². The number of nitrogens with one attached hydrogen (secondary N) is 1. The summed E-state index contributed by atoms with van der Waals surface area (Å²) in [5, 5.41) is 3.05. The predicted molar refractivity (Wildman–Crippen MR) is 115 cm³/mol. The third kappa shape index (κ3) is 6.24. The molecule has 0 radical (unpaired) electrons. The molecule has 2 rings (SSSR count). The first-order chi connectivity index (χ1) is 13.5. The van der Waals surface area contributed by atoms with E-state index in [1.54, 1.807) is 30.1 Å². The molecule has 2 aromatic rings. The summed E-state index contributed by atoms with van der Waals surface area (Å²) in [6.07, 6.45) is 1.17. The lowest BCUT2D eigenvalue weighted by Crippen LogP contribution is -2.50. The minimum absolute atomic E-state index is 0.189. The first-order valence-corrected chi connectivity index (χ1v) is 10.3. The summed E-state index contributed by atoms with van der Waals surface area (Å²) in [6.45, 7) is 2.12. The Labute approximate surface area is 179 Å². The van der Waals surface area contributed by atoms with Crippen LogP contribution in [0.2, 0.25) is 5.02 Å². The number of nitrogens with zero attached hydrogens (tertiary/aromatic N) is 1. The molecule has 2 aromatic carbocycles. The van der Waals surface area contributed by atoms with Crippen LogP contribution in [-0.4, -0.2) is 43.0 Å². The number of rotatable bonds is 9. The van der Waals surface area contributed by atoms with Crippen molar-refractivity contribution in [2.75, 3.05) is 20.2 Å². The van der Waals surface area contributed by atoms with Crippen LogP contribution in [0, 0.1) is 0 Å². The van der Waals surface area contributed by atoms with Crippen molar-refractivity contribution < 1.29 is 14.3 Å². The van der Waals surface area contributed by atoms with E-state index in [-0.39, 0.29) is 18.4 Å². The van der Waals surface area contributed by atoms with Gasteiger partial charge in [-0.15, -0.1) is 0 Å². The van der Waals surface area contributed by atoms with Crippen molar-refractivity contribution in [3.05, 3.63) is 63.6 Å². The Hall–Kier alpha value is -2.05. The molecule has 0 aliphatic rings. The van der Waals surface area contributed by atoms with Crippen LogP contribution in [0.15, 0.2) is 53.0 Å². The number of hydrogen-bond donors (Lipinski definition) is 1. The molecule has 0 fully saturated rings. The van der Waals surface area contributed by atoms with Gasteiger partial charge in [0.2, 0.25) is 5.91 Å². The van der Waals surface area contributed by atoms with Crippen molar-refractivity contribution in [3.63, 3.8) is 0 Å². The Balaban J connectivity index is 2.11. The smallest absolute Gasteiger partial charge is 0.261 e. The second kappa shape index (κ2) is 11.1. The van der Waals surface area contributed by atoms with Crippen molar-refractivity contribution in [3.8, 4) is 5.75 Å². The fraction of sp³-hybridized carbons (Fsp3) is 0.333. The van der Waals surface area contributed by atoms with Crippen molar-refractivity contribution in [1.29, 1.82) is 0 Å². The summed E-state index contributed by atoms with van der Waals surface area (Å²) in [4.78, 5) is 26.8. The standard InChI is InChI=1S/C21H24BrClN2O3/c1-3-18(21(27)24-2)25(12-11-15-7-5-4-6-8-15)20(26)14-28-19-10-9-16(22)13-17(19)23/h4-10,13,18H,3,11-12,14H2,1-2H3,(H,24,27)/t18-/m0/s1. The Morgan fingerprint density at radius 1 is 1.21 bits per heavy atom. The summed E-state index contributed by atoms with van der Waals surface area (Å²) in [5.74, 6) is -0.0230. The number of likely N-dealkylation sites (N-methyl/N-ethyl adjacent to an activating group) is 1. The van der Waals surface area contributed by atoms with Gasteiger partial charge in [-0.3, -0.25) is 9.59 Å². The van der Waals surface area contributed by atoms with Crippen LogP contribution in [0.3, 0.4) is 0 Å². The maximum atomic E-state index is 12.9. The molecule has 5 nitrogen and oxygen atoms in total. The molecule has 0 bridgehead atoms. The molecule has 28 heavy (non-hydrogen) atoms. The molecule has 0 aliphatic heterocycles. The van der Waals surface area contributed by atoms with E-state index in [1.165, 1.54) is 0 Å². The topological polar surface area (TPSA) is 58.6 Å². The molecule has 150 valence electrons. The predicted octanol–water partition coefficient (Wildman–Crippen LogP) is 4.08. The van der Waals surface area contributed by atoms with Crippen LogP contribution in [0.25, 0.3) is 0 Å². The Bertz CT molecular complexity index is 801. The number of benzene rings is 2. The molecule has 1 atom stereocenters. The fourth-order valence-corrected chi connectivity index (χ4v) is 3.61. The van der Waals surface area contributed by atoms with Gasteiger partial charge in [0.25, 0.3) is 5.91 Å². The van der Waals surface area contributed by atoms with E-state index in [1.807, 2.05) is 37.3 Å². The van der Waals surface area contributed by atoms with Crippen LogP contribution in [0.4, 0.5) is 0 Å². The molecule has 0 heterocycles. The molecule has 0 unspecified atom stereocenters. The summed E-state index contributed by atoms with van der Waals surface area (Å²) < 4.78 is 6.44. The van der Waals surface area contributed by atoms with Gasteiger partial charge in [-0.25, -0.2) is 0 Å². The molecule has 0 saturated heterocycles. The zero-order chi connectivity index (χ0) is 20.5. The van der Waals surface area contributed by atoms with Crippen LogP contribution < -0.4 is 10.1 Å². The first-order valence-electron chi connectivity index (χ1n) is 9.09. The van der Waals surface area contributed by atoms with E-state index in [2.05, 4.69) is 21.2 Å². The first kappa shape index (κ1) is 22.2. The number of halogens is 2. The van der Waals surface area contributed by atoms with E-state index in [4.69, 9.17) is 16.3 Å². The Morgan fingerprint density at radius 2 is 1.93 bits per heavy atom. The molecule has 0 saturated carbocycles. The van der Waals surface area contributed by atoms with Crippen molar-refractivity contribution in [2.24, 2.45) is 0 Å². The lowest BCUT2D eigenvalue weighted by atomic mass is 10.1. The van der Waals surface area contributed by atoms with Gasteiger partial charge >= 0.3 is 0 Å². The average molecular weight is 468 g/mol. The SMILES string of the molecule is CC[C@@H](C(=O)NC)N(CCc1ccccc1)C(=O)COc1ccc(Br)cc1Cl. The van der Waals surface area contributed by atoms with Gasteiger partial charge < -0.3 is 15.0 Å². The van der Waals surface area contributed by atoms with Crippen LogP contribution in [0.1, 0.15) is 18.9 Å². The Morgan fingerprint density at radius 3 is 2.54 bits per heavy atom. The molecule has 1 N–H and O–H groups in total. The Kier molecular flexibility index (Phi) is 8.80. The van der Waals surface area contributed by atoms with Crippen LogP contribution in [0.5, 0.6) is 5.75 Å². The summed E-state index contributed by atoms with van der Waals surface area (Å²) in [5.41, 5.74) is 1.10. The molecule has 0 aromatic heterocycles. The number of hydrogen-bond acceptors (Lipinski definition) is 3. The van der Waals surface area contributed by atoms with Gasteiger partial charge in [-0.1, -0.05) is 64.8 Å². The molecule has 0 spiro atoms. The zero-order valence-corrected chi connectivity index (χ0v) is 18.3. The van der Waals surface area contributed by atoms with Crippen molar-refractivity contribution in [2.45, 2.75) is 25.8 Å². The third-order valence-electron chi connectivity index (χ3n) is 4.36. The monoisotopic (exact) mass is 466 g/mol. The summed E-state index contributed by atoms with van der Waals surface area (Å²) in [7, 11) is 1.57. The zero-order valence-electron chi connectivity index (χ0n) is 16.0. The third-order valence-corrected chi connectivity index (χ3v) is 5.15. The highest BCUT2D eigenvalue weighted by atomic mass is 79.9. The van der Waals surface area contributed by atoms with Crippen LogP contribution >= 0.6 is 27.5 Å². The van der Waals surface area contributed by atoms with E-state index in [9.17, 15) is 9.59 Å². The summed E-state index contributed by atoms with van der Waals surface area (Å²) in [6, 6.07) is 14.5. The highest BCUT2D eigenvalue weighted by Gasteiger charge is 2.28.